The number of nitrogens with one attached hydrogen (secondary N) is 1. The van der Waals surface area contributed by atoms with E-state index in [0.29, 0.717) is 25.3 Å². The maximum Gasteiger partial charge on any atom is 0.251 e. The summed E-state index contributed by atoms with van der Waals surface area (Å²) >= 11 is 0. The number of ether oxygens (including phenoxy) is 3. The molecular weight excluding hydrogens is 310 g/mol. The van der Waals surface area contributed by atoms with Crippen LogP contribution in [-0.2, 0) is 14.2 Å². The lowest BCUT2D eigenvalue weighted by molar-refractivity contribution is -0.145. The molecule has 1 saturated heterocycles. The van der Waals surface area contributed by atoms with E-state index >= 15 is 0 Å². The monoisotopic (exact) mass is 333 g/mol. The Morgan fingerprint density at radius 2 is 2.08 bits per heavy atom. The van der Waals surface area contributed by atoms with Gasteiger partial charge in [0.1, 0.15) is 17.4 Å². The Kier molecular flexibility index (Phi) is 5.18. The van der Waals surface area contributed by atoms with E-state index in [1.807, 2.05) is 25.1 Å². The van der Waals surface area contributed by atoms with Gasteiger partial charge in [-0.3, -0.25) is 4.79 Å². The molecule has 0 aliphatic carbocycles. The molecule has 0 radical (unpaired) electrons. The Morgan fingerprint density at radius 3 is 2.83 bits per heavy atom. The summed E-state index contributed by atoms with van der Waals surface area (Å²) in [6.07, 6.45) is -0.209. The first-order chi connectivity index (χ1) is 11.6. The quantitative estimate of drug-likeness (QED) is 0.908. The van der Waals surface area contributed by atoms with Crippen molar-refractivity contribution in [2.24, 2.45) is 5.92 Å². The molecule has 6 heteroatoms. The van der Waals surface area contributed by atoms with Crippen LogP contribution in [0.25, 0.3) is 11.0 Å². The number of benzene rings is 1. The number of fused-ring (bicyclic) bond motifs is 1. The molecule has 1 aromatic carbocycles. The molecule has 1 fully saturated rings. The minimum absolute atomic E-state index is 0.0533. The zero-order valence-corrected chi connectivity index (χ0v) is 14.2. The van der Waals surface area contributed by atoms with Gasteiger partial charge in [0.05, 0.1) is 19.3 Å². The normalized spacial score (nSPS) is 24.2. The Hall–Kier alpha value is -1.89. The molecule has 24 heavy (non-hydrogen) atoms. The van der Waals surface area contributed by atoms with Gasteiger partial charge in [-0.25, -0.2) is 0 Å². The van der Waals surface area contributed by atoms with E-state index in [1.54, 1.807) is 20.3 Å². The van der Waals surface area contributed by atoms with Crippen molar-refractivity contribution >= 4 is 16.9 Å². The van der Waals surface area contributed by atoms with Crippen LogP contribution in [-0.4, -0.2) is 52.1 Å². The van der Waals surface area contributed by atoms with E-state index < -0.39 is 0 Å². The average molecular weight is 333 g/mol. The molecule has 2 aromatic rings. The maximum absolute atomic E-state index is 12.4. The fourth-order valence-corrected chi connectivity index (χ4v) is 3.19. The second kappa shape index (κ2) is 7.34. The molecule has 1 amide bonds. The van der Waals surface area contributed by atoms with Crippen molar-refractivity contribution in [2.45, 2.75) is 19.1 Å². The maximum atomic E-state index is 12.4. The lowest BCUT2D eigenvalue weighted by Crippen LogP contribution is -2.50. The highest BCUT2D eigenvalue weighted by Gasteiger charge is 2.34. The number of furan rings is 1. The summed E-state index contributed by atoms with van der Waals surface area (Å²) in [5.74, 6) is 0.762. The van der Waals surface area contributed by atoms with Gasteiger partial charge in [0.2, 0.25) is 0 Å². The summed E-state index contributed by atoms with van der Waals surface area (Å²) in [5.41, 5.74) is 1.39. The minimum Gasteiger partial charge on any atom is -0.461 e. The Bertz CT molecular complexity index is 710. The van der Waals surface area contributed by atoms with Crippen LogP contribution in [0.1, 0.15) is 16.1 Å². The van der Waals surface area contributed by atoms with Gasteiger partial charge in [0.25, 0.3) is 5.91 Å². The smallest absolute Gasteiger partial charge is 0.251 e. The van der Waals surface area contributed by atoms with E-state index in [1.165, 1.54) is 0 Å². The number of hydrogen-bond acceptors (Lipinski definition) is 5. The largest absolute Gasteiger partial charge is 0.461 e. The van der Waals surface area contributed by atoms with Gasteiger partial charge < -0.3 is 23.9 Å². The van der Waals surface area contributed by atoms with Crippen molar-refractivity contribution in [1.29, 1.82) is 0 Å². The van der Waals surface area contributed by atoms with Gasteiger partial charge in [0, 0.05) is 37.6 Å². The first-order valence-electron chi connectivity index (χ1n) is 8.04. The number of carbonyl (C=O) groups excluding carboxylic acids is 1. The third-order valence-electron chi connectivity index (χ3n) is 4.45. The molecule has 3 atom stereocenters. The standard InChI is InChI=1S/C18H23NO5/c1-11-6-13-7-12(4-5-15(13)24-11)18(20)19-8-14-9-23-10-16(21-2)17(14)22-3/h4-7,14,16-17H,8-10H2,1-3H3,(H,19,20)/t14-,16-,17+/m1/s1. The second-order valence-electron chi connectivity index (χ2n) is 6.09. The predicted molar refractivity (Wildman–Crippen MR) is 89.2 cm³/mol. The highest BCUT2D eigenvalue weighted by atomic mass is 16.6. The van der Waals surface area contributed by atoms with E-state index in [9.17, 15) is 4.79 Å². The first-order valence-corrected chi connectivity index (χ1v) is 8.04. The fraction of sp³-hybridized carbons (Fsp3) is 0.500. The molecule has 1 aromatic heterocycles. The molecule has 0 spiro atoms. The number of methoxy groups -OCH3 is 2. The van der Waals surface area contributed by atoms with Crippen LogP contribution >= 0.6 is 0 Å². The molecule has 3 rings (SSSR count). The van der Waals surface area contributed by atoms with Gasteiger partial charge in [-0.05, 0) is 31.2 Å². The highest BCUT2D eigenvalue weighted by molar-refractivity contribution is 5.97. The average Bonchev–Trinajstić information content (AvgIpc) is 2.98. The molecule has 0 unspecified atom stereocenters. The number of hydrogen-bond donors (Lipinski definition) is 1. The lowest BCUT2D eigenvalue weighted by Gasteiger charge is -2.36. The van der Waals surface area contributed by atoms with Crippen molar-refractivity contribution in [3.63, 3.8) is 0 Å². The molecule has 2 heterocycles. The lowest BCUT2D eigenvalue weighted by atomic mass is 9.96. The SMILES string of the molecule is CO[C@H]1[C@H](CNC(=O)c2ccc3oc(C)cc3c2)COC[C@H]1OC. The molecule has 130 valence electrons. The van der Waals surface area contributed by atoms with Crippen molar-refractivity contribution in [2.75, 3.05) is 34.0 Å². The zero-order chi connectivity index (χ0) is 17.1. The van der Waals surface area contributed by atoms with Crippen molar-refractivity contribution in [3.05, 3.63) is 35.6 Å². The molecule has 1 aliphatic rings. The molecular formula is C18H23NO5. The third-order valence-corrected chi connectivity index (χ3v) is 4.45. The topological polar surface area (TPSA) is 69.9 Å². The Labute approximate surface area is 141 Å². The van der Waals surface area contributed by atoms with Crippen LogP contribution in [0.4, 0.5) is 0 Å². The summed E-state index contributed by atoms with van der Waals surface area (Å²) in [6, 6.07) is 7.35. The van der Waals surface area contributed by atoms with Crippen LogP contribution in [0.2, 0.25) is 0 Å². The zero-order valence-electron chi connectivity index (χ0n) is 14.2. The van der Waals surface area contributed by atoms with Crippen LogP contribution in [0, 0.1) is 12.8 Å². The minimum atomic E-state index is -0.120. The van der Waals surface area contributed by atoms with E-state index in [0.717, 1.165) is 16.7 Å². The van der Waals surface area contributed by atoms with Gasteiger partial charge in [-0.1, -0.05) is 0 Å². The molecule has 6 nitrogen and oxygen atoms in total. The van der Waals surface area contributed by atoms with Crippen molar-refractivity contribution in [1.82, 2.24) is 5.32 Å². The van der Waals surface area contributed by atoms with Gasteiger partial charge in [-0.15, -0.1) is 0 Å². The number of rotatable bonds is 5. The third kappa shape index (κ3) is 3.45. The predicted octanol–water partition coefficient (Wildman–Crippen LogP) is 2.15. The van der Waals surface area contributed by atoms with Gasteiger partial charge in [-0.2, -0.15) is 0 Å². The summed E-state index contributed by atoms with van der Waals surface area (Å²) < 4.78 is 22.0. The van der Waals surface area contributed by atoms with Gasteiger partial charge in [0.15, 0.2) is 0 Å². The van der Waals surface area contributed by atoms with Crippen LogP contribution in [0.15, 0.2) is 28.7 Å². The van der Waals surface area contributed by atoms with E-state index in [2.05, 4.69) is 5.32 Å². The number of carbonyl (C=O) groups is 1. The van der Waals surface area contributed by atoms with Crippen molar-refractivity contribution < 1.29 is 23.4 Å². The Morgan fingerprint density at radius 1 is 1.25 bits per heavy atom. The van der Waals surface area contributed by atoms with Crippen LogP contribution in [0.3, 0.4) is 0 Å². The fourth-order valence-electron chi connectivity index (χ4n) is 3.19. The first kappa shape index (κ1) is 17.0. The molecule has 0 bridgehead atoms. The molecule has 0 saturated carbocycles. The number of aryl methyl sites for hydroxylation is 1. The molecule has 1 N–H and O–H groups in total. The van der Waals surface area contributed by atoms with Crippen LogP contribution < -0.4 is 5.32 Å². The summed E-state index contributed by atoms with van der Waals surface area (Å²) in [4.78, 5) is 12.4. The highest BCUT2D eigenvalue weighted by Crippen LogP contribution is 2.21. The van der Waals surface area contributed by atoms with Gasteiger partial charge >= 0.3 is 0 Å². The summed E-state index contributed by atoms with van der Waals surface area (Å²) in [7, 11) is 3.30. The van der Waals surface area contributed by atoms with E-state index in [-0.39, 0.29) is 24.0 Å². The number of amides is 1. The Balaban J connectivity index is 1.65. The van der Waals surface area contributed by atoms with E-state index in [4.69, 9.17) is 18.6 Å². The molecule has 1 aliphatic heterocycles. The summed E-state index contributed by atoms with van der Waals surface area (Å²) in [6.45, 7) is 3.41. The van der Waals surface area contributed by atoms with Crippen LogP contribution in [0.5, 0.6) is 0 Å². The summed E-state index contributed by atoms with van der Waals surface area (Å²) in [5, 5.41) is 3.89. The van der Waals surface area contributed by atoms with Crippen molar-refractivity contribution in [3.8, 4) is 0 Å². The second-order valence-corrected chi connectivity index (χ2v) is 6.09.